The number of hydrogen-bond acceptors (Lipinski definition) is 6. The molecule has 2 aromatic carbocycles. The van der Waals surface area contributed by atoms with Crippen molar-refractivity contribution in [2.24, 2.45) is 5.92 Å². The number of sulfonamides is 1. The van der Waals surface area contributed by atoms with E-state index in [2.05, 4.69) is 10.0 Å². The summed E-state index contributed by atoms with van der Waals surface area (Å²) in [7, 11) is -0.271. The molecule has 33 heavy (non-hydrogen) atoms. The monoisotopic (exact) mass is 477 g/mol. The van der Waals surface area contributed by atoms with Crippen LogP contribution in [0, 0.1) is 11.7 Å². The Morgan fingerprint density at radius 1 is 1.21 bits per heavy atom. The molecule has 0 saturated heterocycles. The van der Waals surface area contributed by atoms with E-state index in [-0.39, 0.29) is 33.5 Å². The van der Waals surface area contributed by atoms with Crippen molar-refractivity contribution in [1.29, 1.82) is 0 Å². The Kier molecular flexibility index (Phi) is 6.49. The van der Waals surface area contributed by atoms with E-state index in [0.29, 0.717) is 19.1 Å². The van der Waals surface area contributed by atoms with Crippen LogP contribution in [0.4, 0.5) is 15.8 Å². The van der Waals surface area contributed by atoms with E-state index in [0.717, 1.165) is 43.5 Å². The molecule has 2 aliphatic rings. The number of ether oxygens (including phenoxy) is 1. The first-order valence-electron chi connectivity index (χ1n) is 10.9. The Morgan fingerprint density at radius 3 is 2.73 bits per heavy atom. The van der Waals surface area contributed by atoms with Crippen LogP contribution in [0.15, 0.2) is 35.2 Å². The maximum Gasteiger partial charge on any atom is 0.341 e. The zero-order valence-electron chi connectivity index (χ0n) is 18.6. The van der Waals surface area contributed by atoms with E-state index in [4.69, 9.17) is 4.74 Å². The Hall–Kier alpha value is -2.85. The second kappa shape index (κ2) is 9.18. The molecule has 1 heterocycles. The van der Waals surface area contributed by atoms with Crippen LogP contribution in [0.3, 0.4) is 0 Å². The molecule has 0 spiro atoms. The van der Waals surface area contributed by atoms with Crippen molar-refractivity contribution in [2.75, 3.05) is 43.8 Å². The van der Waals surface area contributed by atoms with Crippen LogP contribution in [0.25, 0.3) is 0 Å². The number of aromatic carboxylic acids is 1. The van der Waals surface area contributed by atoms with Crippen LogP contribution in [-0.2, 0) is 10.0 Å². The molecule has 1 fully saturated rings. The highest BCUT2D eigenvalue weighted by Gasteiger charge is 2.45. The first-order valence-corrected chi connectivity index (χ1v) is 12.4. The number of unbranched alkanes of at least 4 members (excludes halogenated alkanes) is 1. The Morgan fingerprint density at radius 2 is 2.00 bits per heavy atom. The molecule has 0 unspecified atom stereocenters. The van der Waals surface area contributed by atoms with Gasteiger partial charge < -0.3 is 20.1 Å². The molecule has 0 amide bonds. The van der Waals surface area contributed by atoms with E-state index in [1.807, 2.05) is 19.0 Å². The third kappa shape index (κ3) is 5.06. The van der Waals surface area contributed by atoms with Crippen LogP contribution >= 0.6 is 0 Å². The lowest BCUT2D eigenvalue weighted by Crippen LogP contribution is -2.20. The third-order valence-electron chi connectivity index (χ3n) is 5.99. The summed E-state index contributed by atoms with van der Waals surface area (Å²) in [5.74, 6) is -0.968. The molecule has 0 aromatic heterocycles. The molecule has 10 heteroatoms. The van der Waals surface area contributed by atoms with Crippen molar-refractivity contribution >= 4 is 27.4 Å². The molecule has 178 valence electrons. The SMILES string of the molecule is CN(C)CCCCNc1cc(F)ccc1S(=O)(=O)Nc1ccc2c(c1C(=O)O)OC[C@@H]1C[C@H]21. The van der Waals surface area contributed by atoms with Gasteiger partial charge in [0.2, 0.25) is 0 Å². The van der Waals surface area contributed by atoms with E-state index in [9.17, 15) is 22.7 Å². The van der Waals surface area contributed by atoms with Gasteiger partial charge in [0.05, 0.1) is 18.0 Å². The molecule has 1 saturated carbocycles. The topological polar surface area (TPSA) is 108 Å². The molecular formula is C23H28FN3O5S. The van der Waals surface area contributed by atoms with Crippen molar-refractivity contribution in [2.45, 2.75) is 30.1 Å². The van der Waals surface area contributed by atoms with Gasteiger partial charge in [0.15, 0.2) is 0 Å². The average molecular weight is 478 g/mol. The molecular weight excluding hydrogens is 449 g/mol. The summed E-state index contributed by atoms with van der Waals surface area (Å²) in [5.41, 5.74) is 0.635. The van der Waals surface area contributed by atoms with Crippen molar-refractivity contribution in [3.8, 4) is 5.75 Å². The number of halogens is 1. The minimum atomic E-state index is -4.21. The number of carboxylic acids is 1. The molecule has 4 rings (SSSR count). The largest absolute Gasteiger partial charge is 0.492 e. The van der Waals surface area contributed by atoms with Crippen molar-refractivity contribution in [3.63, 3.8) is 0 Å². The number of nitrogens with zero attached hydrogens (tertiary/aromatic N) is 1. The van der Waals surface area contributed by atoms with Gasteiger partial charge in [-0.1, -0.05) is 6.07 Å². The minimum absolute atomic E-state index is 0.0818. The molecule has 1 aliphatic heterocycles. The molecule has 8 nitrogen and oxygen atoms in total. The molecule has 3 N–H and O–H groups in total. The number of rotatable bonds is 10. The summed E-state index contributed by atoms with van der Waals surface area (Å²) >= 11 is 0. The molecule has 2 atom stereocenters. The van der Waals surface area contributed by atoms with Gasteiger partial charge in [0, 0.05) is 12.5 Å². The second-order valence-electron chi connectivity index (χ2n) is 8.81. The Labute approximate surface area is 192 Å². The lowest BCUT2D eigenvalue weighted by Gasteiger charge is -2.21. The van der Waals surface area contributed by atoms with Crippen LogP contribution in [0.1, 0.15) is 41.1 Å². The second-order valence-corrected chi connectivity index (χ2v) is 10.5. The fourth-order valence-electron chi connectivity index (χ4n) is 4.20. The molecule has 0 radical (unpaired) electrons. The molecule has 0 bridgehead atoms. The predicted octanol–water partition coefficient (Wildman–Crippen LogP) is 3.57. The van der Waals surface area contributed by atoms with Crippen molar-refractivity contribution in [1.82, 2.24) is 4.90 Å². The number of fused-ring (bicyclic) bond motifs is 3. The van der Waals surface area contributed by atoms with Gasteiger partial charge in [0.25, 0.3) is 10.0 Å². The summed E-state index contributed by atoms with van der Waals surface area (Å²) in [6.45, 7) is 1.78. The highest BCUT2D eigenvalue weighted by atomic mass is 32.2. The highest BCUT2D eigenvalue weighted by molar-refractivity contribution is 7.92. The number of nitrogens with one attached hydrogen (secondary N) is 2. The van der Waals surface area contributed by atoms with Crippen LogP contribution in [-0.4, -0.2) is 58.2 Å². The van der Waals surface area contributed by atoms with E-state index < -0.39 is 21.8 Å². The number of hydrogen-bond donors (Lipinski definition) is 3. The van der Waals surface area contributed by atoms with Crippen LogP contribution < -0.4 is 14.8 Å². The van der Waals surface area contributed by atoms with Gasteiger partial charge >= 0.3 is 5.97 Å². The zero-order chi connectivity index (χ0) is 23.8. The highest BCUT2D eigenvalue weighted by Crippen LogP contribution is 2.55. The van der Waals surface area contributed by atoms with E-state index in [1.54, 1.807) is 6.07 Å². The predicted molar refractivity (Wildman–Crippen MR) is 123 cm³/mol. The van der Waals surface area contributed by atoms with Gasteiger partial charge in [0.1, 0.15) is 22.0 Å². The van der Waals surface area contributed by atoms with Crippen molar-refractivity contribution in [3.05, 3.63) is 47.3 Å². The van der Waals surface area contributed by atoms with Crippen molar-refractivity contribution < 1.29 is 27.4 Å². The standard InChI is InChI=1S/C23H28FN3O5S/c1-27(2)10-4-3-9-25-19-12-15(24)5-8-20(19)33(30,31)26-18-7-6-16-17-11-14(17)13-32-22(16)21(18)23(28)29/h5-8,12,14,17,25-26H,3-4,9-11,13H2,1-2H3,(H,28,29)/t14-,17-/m0/s1. The zero-order valence-corrected chi connectivity index (χ0v) is 19.4. The number of carboxylic acid groups (broad SMARTS) is 1. The molecule has 2 aromatic rings. The fourth-order valence-corrected chi connectivity index (χ4v) is 5.43. The number of carbonyl (C=O) groups is 1. The van der Waals surface area contributed by atoms with Gasteiger partial charge in [-0.15, -0.1) is 0 Å². The van der Waals surface area contributed by atoms with Gasteiger partial charge in [-0.05, 0) is 75.6 Å². The Balaban J connectivity index is 1.59. The minimum Gasteiger partial charge on any atom is -0.492 e. The lowest BCUT2D eigenvalue weighted by molar-refractivity contribution is 0.0692. The summed E-state index contributed by atoms with van der Waals surface area (Å²) in [6, 6.07) is 6.54. The summed E-state index contributed by atoms with van der Waals surface area (Å²) in [6.07, 6.45) is 2.61. The van der Waals surface area contributed by atoms with E-state index >= 15 is 0 Å². The quantitative estimate of drug-likeness (QED) is 0.449. The summed E-state index contributed by atoms with van der Waals surface area (Å²) < 4.78 is 48.4. The van der Waals surface area contributed by atoms with Gasteiger partial charge in [-0.2, -0.15) is 0 Å². The van der Waals surface area contributed by atoms with Gasteiger partial charge in [-0.3, -0.25) is 4.72 Å². The first kappa shape index (κ1) is 23.3. The van der Waals surface area contributed by atoms with Gasteiger partial charge in [-0.25, -0.2) is 17.6 Å². The number of benzene rings is 2. The van der Waals surface area contributed by atoms with E-state index in [1.165, 1.54) is 12.1 Å². The average Bonchev–Trinajstić information content (AvgIpc) is 3.52. The normalized spacial score (nSPS) is 18.8. The third-order valence-corrected chi connectivity index (χ3v) is 7.41. The molecule has 1 aliphatic carbocycles. The van der Waals surface area contributed by atoms with Crippen LogP contribution in [0.5, 0.6) is 5.75 Å². The lowest BCUT2D eigenvalue weighted by atomic mass is 10.0. The maximum atomic E-state index is 13.9. The summed E-state index contributed by atoms with van der Waals surface area (Å²) in [5, 5.41) is 12.8. The fraction of sp³-hybridized carbons (Fsp3) is 0.435. The maximum absolute atomic E-state index is 13.9. The Bertz CT molecular complexity index is 1170. The number of anilines is 2. The first-order chi connectivity index (χ1) is 15.7. The smallest absolute Gasteiger partial charge is 0.341 e. The summed E-state index contributed by atoms with van der Waals surface area (Å²) in [4.78, 5) is 13.9. The van der Waals surface area contributed by atoms with Crippen LogP contribution in [0.2, 0.25) is 0 Å².